The molecule has 0 saturated carbocycles. The largest absolute Gasteiger partial charge is 0.489 e. The van der Waals surface area contributed by atoms with E-state index in [2.05, 4.69) is 20.9 Å². The van der Waals surface area contributed by atoms with E-state index in [0.717, 1.165) is 15.7 Å². The lowest BCUT2D eigenvalue weighted by Crippen LogP contribution is -2.13. The first-order chi connectivity index (χ1) is 10.4. The first kappa shape index (κ1) is 16.8. The van der Waals surface area contributed by atoms with Gasteiger partial charge in [0.1, 0.15) is 5.82 Å². The molecule has 0 fully saturated rings. The zero-order valence-electron chi connectivity index (χ0n) is 12.2. The van der Waals surface area contributed by atoms with E-state index in [1.165, 1.54) is 6.07 Å². The predicted octanol–water partition coefficient (Wildman–Crippen LogP) is 3.91. The zero-order chi connectivity index (χ0) is 16.3. The fourth-order valence-electron chi connectivity index (χ4n) is 2.01. The molecule has 2 rings (SSSR count). The number of ether oxygens (including phenoxy) is 1. The van der Waals surface area contributed by atoms with Crippen molar-refractivity contribution in [2.75, 3.05) is 31.3 Å². The predicted molar refractivity (Wildman–Crippen MR) is 91.3 cm³/mol. The van der Waals surface area contributed by atoms with Crippen LogP contribution >= 0.6 is 27.5 Å². The van der Waals surface area contributed by atoms with Crippen LogP contribution in [-0.2, 0) is 6.42 Å². The van der Waals surface area contributed by atoms with Gasteiger partial charge in [-0.25, -0.2) is 9.37 Å². The fraction of sp³-hybridized carbons (Fsp3) is 0.267. The van der Waals surface area contributed by atoms with E-state index in [1.807, 2.05) is 19.0 Å². The van der Waals surface area contributed by atoms with E-state index in [4.69, 9.17) is 22.1 Å². The van der Waals surface area contributed by atoms with Crippen LogP contribution in [-0.4, -0.2) is 25.7 Å². The summed E-state index contributed by atoms with van der Waals surface area (Å²) in [4.78, 5) is 5.88. The maximum Gasteiger partial charge on any atom is 0.166 e. The monoisotopic (exact) mass is 387 g/mol. The molecule has 0 amide bonds. The molecule has 0 unspecified atom stereocenters. The molecule has 1 aromatic carbocycles. The van der Waals surface area contributed by atoms with E-state index >= 15 is 0 Å². The highest BCUT2D eigenvalue weighted by Gasteiger charge is 2.11. The number of halogens is 3. The van der Waals surface area contributed by atoms with Crippen LogP contribution in [0.4, 0.5) is 15.9 Å². The van der Waals surface area contributed by atoms with Crippen molar-refractivity contribution in [3.05, 3.63) is 45.3 Å². The van der Waals surface area contributed by atoms with Crippen LogP contribution in [0.5, 0.6) is 5.75 Å². The highest BCUT2D eigenvalue weighted by Crippen LogP contribution is 2.28. The Labute approximate surface area is 142 Å². The Kier molecular flexibility index (Phi) is 5.47. The molecule has 118 valence electrons. The molecule has 7 heteroatoms. The van der Waals surface area contributed by atoms with Gasteiger partial charge in [0.25, 0.3) is 0 Å². The Morgan fingerprint density at radius 1 is 1.36 bits per heavy atom. The summed E-state index contributed by atoms with van der Waals surface area (Å²) in [5.41, 5.74) is 7.42. The standard InChI is InChI=1S/C15H16BrClFN3O/c1-21(2)13-7-11(17)12(18)5-9(13)3-4-22-14-6-10(16)8-20-15(14)19/h5-8H,3-4H2,1-2H3,(H2,19,20). The molecule has 0 aliphatic heterocycles. The van der Waals surface area contributed by atoms with Crippen LogP contribution in [0.2, 0.25) is 5.02 Å². The third-order valence-corrected chi connectivity index (χ3v) is 3.80. The van der Waals surface area contributed by atoms with Crippen LogP contribution < -0.4 is 15.4 Å². The Morgan fingerprint density at radius 3 is 2.77 bits per heavy atom. The molecule has 4 nitrogen and oxygen atoms in total. The summed E-state index contributed by atoms with van der Waals surface area (Å²) in [6.07, 6.45) is 2.12. The fourth-order valence-corrected chi connectivity index (χ4v) is 2.48. The molecule has 1 aromatic heterocycles. The van der Waals surface area contributed by atoms with E-state index < -0.39 is 5.82 Å². The number of benzene rings is 1. The van der Waals surface area contributed by atoms with Gasteiger partial charge in [-0.2, -0.15) is 0 Å². The van der Waals surface area contributed by atoms with Crippen LogP contribution in [0, 0.1) is 5.82 Å². The van der Waals surface area contributed by atoms with E-state index in [9.17, 15) is 4.39 Å². The SMILES string of the molecule is CN(C)c1cc(Cl)c(F)cc1CCOc1cc(Br)cnc1N. The number of nitrogens with two attached hydrogens (primary N) is 1. The number of nitrogen functional groups attached to an aromatic ring is 1. The second-order valence-electron chi connectivity index (χ2n) is 4.92. The van der Waals surface area contributed by atoms with Crippen molar-refractivity contribution in [2.45, 2.75) is 6.42 Å². The summed E-state index contributed by atoms with van der Waals surface area (Å²) in [5, 5.41) is 0.105. The smallest absolute Gasteiger partial charge is 0.166 e. The quantitative estimate of drug-likeness (QED) is 0.844. The third-order valence-electron chi connectivity index (χ3n) is 3.08. The summed E-state index contributed by atoms with van der Waals surface area (Å²) < 4.78 is 20.1. The van der Waals surface area contributed by atoms with Crippen molar-refractivity contribution >= 4 is 39.0 Å². The number of anilines is 2. The van der Waals surface area contributed by atoms with Crippen molar-refractivity contribution in [2.24, 2.45) is 0 Å². The lowest BCUT2D eigenvalue weighted by molar-refractivity contribution is 0.322. The molecule has 2 N–H and O–H groups in total. The lowest BCUT2D eigenvalue weighted by atomic mass is 10.1. The van der Waals surface area contributed by atoms with E-state index in [0.29, 0.717) is 24.6 Å². The van der Waals surface area contributed by atoms with Gasteiger partial charge >= 0.3 is 0 Å². The zero-order valence-corrected chi connectivity index (χ0v) is 14.6. The van der Waals surface area contributed by atoms with Crippen LogP contribution in [0.15, 0.2) is 28.9 Å². The van der Waals surface area contributed by atoms with Crippen LogP contribution in [0.25, 0.3) is 0 Å². The number of aromatic nitrogens is 1. The van der Waals surface area contributed by atoms with Gasteiger partial charge < -0.3 is 15.4 Å². The molecule has 1 heterocycles. The molecule has 0 bridgehead atoms. The molecule has 0 aliphatic rings. The maximum atomic E-state index is 13.7. The number of pyridine rings is 1. The van der Waals surface area contributed by atoms with Crippen molar-refractivity contribution in [3.63, 3.8) is 0 Å². The Bertz CT molecular complexity index is 682. The Morgan fingerprint density at radius 2 is 2.09 bits per heavy atom. The minimum atomic E-state index is -0.439. The molecular formula is C15H16BrClFN3O. The molecule has 0 atom stereocenters. The summed E-state index contributed by atoms with van der Waals surface area (Å²) in [5.74, 6) is 0.374. The summed E-state index contributed by atoms with van der Waals surface area (Å²) >= 11 is 9.15. The topological polar surface area (TPSA) is 51.4 Å². The van der Waals surface area contributed by atoms with Gasteiger partial charge in [0, 0.05) is 36.9 Å². The normalized spacial score (nSPS) is 10.6. The number of nitrogens with zero attached hydrogens (tertiary/aromatic N) is 2. The number of rotatable bonds is 5. The second-order valence-corrected chi connectivity index (χ2v) is 6.25. The van der Waals surface area contributed by atoms with Gasteiger partial charge in [-0.15, -0.1) is 0 Å². The van der Waals surface area contributed by atoms with Gasteiger partial charge in [0.05, 0.1) is 11.6 Å². The highest BCUT2D eigenvalue weighted by molar-refractivity contribution is 9.10. The Hall–Kier alpha value is -1.53. The molecule has 2 aromatic rings. The summed E-state index contributed by atoms with van der Waals surface area (Å²) in [6, 6.07) is 4.79. The van der Waals surface area contributed by atoms with Crippen LogP contribution in [0.3, 0.4) is 0 Å². The molecule has 0 spiro atoms. The molecule has 22 heavy (non-hydrogen) atoms. The molecule has 0 saturated heterocycles. The van der Waals surface area contributed by atoms with Gasteiger partial charge in [-0.3, -0.25) is 0 Å². The average molecular weight is 389 g/mol. The third kappa shape index (κ3) is 4.01. The highest BCUT2D eigenvalue weighted by atomic mass is 79.9. The number of hydrogen-bond acceptors (Lipinski definition) is 4. The van der Waals surface area contributed by atoms with Crippen molar-refractivity contribution in [3.8, 4) is 5.75 Å². The number of hydrogen-bond donors (Lipinski definition) is 1. The lowest BCUT2D eigenvalue weighted by Gasteiger charge is -2.18. The van der Waals surface area contributed by atoms with Gasteiger partial charge in [0.2, 0.25) is 0 Å². The average Bonchev–Trinajstić information content (AvgIpc) is 2.45. The minimum absolute atomic E-state index is 0.105. The van der Waals surface area contributed by atoms with Crippen molar-refractivity contribution in [1.29, 1.82) is 0 Å². The van der Waals surface area contributed by atoms with Crippen LogP contribution in [0.1, 0.15) is 5.56 Å². The first-order valence-electron chi connectivity index (χ1n) is 6.57. The molecule has 0 aliphatic carbocycles. The Balaban J connectivity index is 2.11. The second kappa shape index (κ2) is 7.15. The van der Waals surface area contributed by atoms with Gasteiger partial charge in [0.15, 0.2) is 11.6 Å². The summed E-state index contributed by atoms with van der Waals surface area (Å²) in [7, 11) is 3.76. The van der Waals surface area contributed by atoms with E-state index in [-0.39, 0.29) is 5.02 Å². The molecular weight excluding hydrogens is 373 g/mol. The molecule has 0 radical (unpaired) electrons. The summed E-state index contributed by atoms with van der Waals surface area (Å²) in [6.45, 7) is 0.351. The van der Waals surface area contributed by atoms with Gasteiger partial charge in [-0.1, -0.05) is 11.6 Å². The van der Waals surface area contributed by atoms with E-state index in [1.54, 1.807) is 18.3 Å². The maximum absolute atomic E-state index is 13.7. The van der Waals surface area contributed by atoms with Gasteiger partial charge in [-0.05, 0) is 39.7 Å². The first-order valence-corrected chi connectivity index (χ1v) is 7.74. The van der Waals surface area contributed by atoms with Crippen molar-refractivity contribution in [1.82, 2.24) is 4.98 Å². The minimum Gasteiger partial charge on any atom is -0.489 e. The van der Waals surface area contributed by atoms with Crippen molar-refractivity contribution < 1.29 is 9.13 Å².